The molecular formula is C25H33F2N5O3. The Hall–Kier alpha value is -3.04. The molecule has 4 rings (SSSR count). The second kappa shape index (κ2) is 9.54. The monoisotopic (exact) mass is 489 g/mol. The van der Waals surface area contributed by atoms with Crippen LogP contribution in [0.5, 0.6) is 0 Å². The van der Waals surface area contributed by atoms with Crippen LogP contribution >= 0.6 is 0 Å². The van der Waals surface area contributed by atoms with E-state index in [0.29, 0.717) is 6.42 Å². The molecule has 0 aromatic carbocycles. The lowest BCUT2D eigenvalue weighted by atomic mass is 9.77. The number of alkyl halides is 2. The van der Waals surface area contributed by atoms with Gasteiger partial charge in [-0.3, -0.25) is 4.79 Å². The molecule has 2 aliphatic rings. The summed E-state index contributed by atoms with van der Waals surface area (Å²) in [4.78, 5) is 31.3. The average molecular weight is 490 g/mol. The molecule has 1 aliphatic carbocycles. The van der Waals surface area contributed by atoms with Crippen LogP contribution in [0.25, 0.3) is 11.2 Å². The van der Waals surface area contributed by atoms with Crippen LogP contribution in [0.3, 0.4) is 0 Å². The fourth-order valence-electron chi connectivity index (χ4n) is 4.90. The maximum atomic E-state index is 13.8. The molecule has 1 saturated heterocycles. The van der Waals surface area contributed by atoms with E-state index in [0.717, 1.165) is 34.7 Å². The first kappa shape index (κ1) is 25.1. The maximum Gasteiger partial charge on any atom is 0.408 e. The van der Waals surface area contributed by atoms with Crippen molar-refractivity contribution in [3.63, 3.8) is 0 Å². The van der Waals surface area contributed by atoms with Gasteiger partial charge in [-0.15, -0.1) is 0 Å². The number of halogens is 2. The molecule has 2 aromatic heterocycles. The van der Waals surface area contributed by atoms with E-state index < -0.39 is 36.1 Å². The van der Waals surface area contributed by atoms with Crippen LogP contribution < -0.4 is 5.32 Å². The molecule has 1 N–H and O–H groups in total. The second-order valence-electron chi connectivity index (χ2n) is 10.6. The van der Waals surface area contributed by atoms with Gasteiger partial charge in [-0.05, 0) is 69.6 Å². The highest BCUT2D eigenvalue weighted by molar-refractivity contribution is 5.86. The number of rotatable bonds is 5. The summed E-state index contributed by atoms with van der Waals surface area (Å²) in [5.74, 6) is -3.58. The van der Waals surface area contributed by atoms with Gasteiger partial charge in [-0.2, -0.15) is 5.10 Å². The van der Waals surface area contributed by atoms with Crippen molar-refractivity contribution in [1.82, 2.24) is 24.8 Å². The molecule has 3 heterocycles. The Morgan fingerprint density at radius 3 is 2.69 bits per heavy atom. The number of aromatic nitrogens is 3. The van der Waals surface area contributed by atoms with Crippen LogP contribution in [0, 0.1) is 11.8 Å². The van der Waals surface area contributed by atoms with E-state index in [-0.39, 0.29) is 24.8 Å². The predicted molar refractivity (Wildman–Crippen MR) is 127 cm³/mol. The number of hydrogen-bond acceptors (Lipinski definition) is 5. The minimum atomic E-state index is -2.90. The first-order chi connectivity index (χ1) is 16.4. The van der Waals surface area contributed by atoms with Crippen molar-refractivity contribution in [2.45, 2.75) is 70.9 Å². The van der Waals surface area contributed by atoms with Crippen LogP contribution in [-0.2, 0) is 9.53 Å². The Bertz CT molecular complexity index is 1120. The van der Waals surface area contributed by atoms with Crippen molar-refractivity contribution in [3.8, 4) is 0 Å². The van der Waals surface area contributed by atoms with E-state index in [2.05, 4.69) is 21.5 Å². The summed E-state index contributed by atoms with van der Waals surface area (Å²) in [6, 6.07) is 4.89. The summed E-state index contributed by atoms with van der Waals surface area (Å²) >= 11 is 0. The van der Waals surface area contributed by atoms with Gasteiger partial charge in [0, 0.05) is 13.0 Å². The van der Waals surface area contributed by atoms with Crippen LogP contribution in [0.2, 0.25) is 0 Å². The molecule has 190 valence electrons. The number of alkyl carbamates (subject to hydrolysis) is 1. The molecule has 2 aromatic rings. The fourth-order valence-corrected chi connectivity index (χ4v) is 4.90. The smallest absolute Gasteiger partial charge is 0.408 e. The van der Waals surface area contributed by atoms with Gasteiger partial charge in [0.05, 0.1) is 12.2 Å². The zero-order valence-electron chi connectivity index (χ0n) is 20.6. The largest absolute Gasteiger partial charge is 0.444 e. The average Bonchev–Trinajstić information content (AvgIpc) is 3.41. The SMILES string of the molecule is C[C@@H](C1CC=C(c2cccc3ncnn23)CC1)[C@H](NC(=O)OC(C)(C)C)C(=O)N1CCC(F)(F)C1. The van der Waals surface area contributed by atoms with Crippen LogP contribution in [0.15, 0.2) is 30.6 Å². The lowest BCUT2D eigenvalue weighted by molar-refractivity contribution is -0.135. The summed E-state index contributed by atoms with van der Waals surface area (Å²) in [6.07, 6.45) is 4.82. The number of nitrogens with zero attached hydrogens (tertiary/aromatic N) is 4. The van der Waals surface area contributed by atoms with Gasteiger partial charge in [0.25, 0.3) is 5.92 Å². The first-order valence-corrected chi connectivity index (χ1v) is 12.1. The Kier molecular flexibility index (Phi) is 6.83. The zero-order valence-corrected chi connectivity index (χ0v) is 20.6. The number of ether oxygens (including phenoxy) is 1. The Morgan fingerprint density at radius 1 is 1.29 bits per heavy atom. The lowest BCUT2D eigenvalue weighted by Crippen LogP contribution is -2.54. The number of hydrogen-bond donors (Lipinski definition) is 1. The quantitative estimate of drug-likeness (QED) is 0.676. The van der Waals surface area contributed by atoms with Gasteiger partial charge < -0.3 is 15.0 Å². The van der Waals surface area contributed by atoms with E-state index in [1.54, 1.807) is 25.3 Å². The van der Waals surface area contributed by atoms with Crippen molar-refractivity contribution in [2.24, 2.45) is 11.8 Å². The molecule has 1 aliphatic heterocycles. The van der Waals surface area contributed by atoms with Crippen molar-refractivity contribution in [1.29, 1.82) is 0 Å². The third-order valence-corrected chi connectivity index (χ3v) is 6.77. The highest BCUT2D eigenvalue weighted by Gasteiger charge is 2.44. The summed E-state index contributed by atoms with van der Waals surface area (Å²) in [7, 11) is 0. The number of fused-ring (bicyclic) bond motifs is 1. The third-order valence-electron chi connectivity index (χ3n) is 6.77. The number of pyridine rings is 1. The van der Waals surface area contributed by atoms with E-state index in [9.17, 15) is 18.4 Å². The lowest BCUT2D eigenvalue weighted by Gasteiger charge is -2.35. The molecule has 8 nitrogen and oxygen atoms in total. The summed E-state index contributed by atoms with van der Waals surface area (Å²) in [5.41, 5.74) is 2.15. The standard InChI is InChI=1S/C25H33F2N5O3/c1-16(17-8-10-18(11-9-17)19-6-5-7-20-28-15-29-32(19)20)21(30-23(34)35-24(2,3)4)22(33)31-13-12-25(26,27)14-31/h5-7,10,15-17,21H,8-9,11-14H2,1-4H3,(H,30,34)/t16-,17?,21-/m0/s1. The highest BCUT2D eigenvalue weighted by atomic mass is 19.3. The molecule has 0 radical (unpaired) electrons. The molecule has 10 heteroatoms. The Labute approximate surface area is 203 Å². The van der Waals surface area contributed by atoms with Crippen LogP contribution in [-0.4, -0.2) is 62.2 Å². The number of carbonyl (C=O) groups excluding carboxylic acids is 2. The molecule has 0 spiro atoms. The first-order valence-electron chi connectivity index (χ1n) is 12.1. The highest BCUT2D eigenvalue weighted by Crippen LogP contribution is 2.36. The van der Waals surface area contributed by atoms with Gasteiger partial charge >= 0.3 is 6.09 Å². The Morgan fingerprint density at radius 2 is 2.06 bits per heavy atom. The van der Waals surface area contributed by atoms with E-state index in [1.165, 1.54) is 6.33 Å². The zero-order chi connectivity index (χ0) is 25.4. The molecular weight excluding hydrogens is 456 g/mol. The molecule has 1 fully saturated rings. The molecule has 1 unspecified atom stereocenters. The minimum Gasteiger partial charge on any atom is -0.444 e. The molecule has 3 atom stereocenters. The van der Waals surface area contributed by atoms with E-state index >= 15 is 0 Å². The van der Waals surface area contributed by atoms with E-state index in [4.69, 9.17) is 4.74 Å². The summed E-state index contributed by atoms with van der Waals surface area (Å²) in [6.45, 7) is 6.45. The van der Waals surface area contributed by atoms with E-state index in [1.807, 2.05) is 25.1 Å². The van der Waals surface area contributed by atoms with Gasteiger partial charge in [0.15, 0.2) is 5.65 Å². The maximum absolute atomic E-state index is 13.8. The number of likely N-dealkylation sites (tertiary alicyclic amines) is 1. The minimum absolute atomic E-state index is 0.0261. The number of carbonyl (C=O) groups is 2. The molecule has 0 bridgehead atoms. The normalized spacial score (nSPS) is 21.9. The third kappa shape index (κ3) is 5.79. The molecule has 0 saturated carbocycles. The summed E-state index contributed by atoms with van der Waals surface area (Å²) in [5, 5.41) is 7.01. The van der Waals surface area contributed by atoms with Gasteiger partial charge in [-0.25, -0.2) is 23.1 Å². The van der Waals surface area contributed by atoms with Crippen LogP contribution in [0.1, 0.15) is 59.1 Å². The van der Waals surface area contributed by atoms with Crippen molar-refractivity contribution in [3.05, 3.63) is 36.3 Å². The second-order valence-corrected chi connectivity index (χ2v) is 10.6. The van der Waals surface area contributed by atoms with Crippen molar-refractivity contribution in [2.75, 3.05) is 13.1 Å². The van der Waals surface area contributed by atoms with Crippen molar-refractivity contribution < 1.29 is 23.1 Å². The Balaban J connectivity index is 1.51. The van der Waals surface area contributed by atoms with Crippen molar-refractivity contribution >= 4 is 23.2 Å². The molecule has 35 heavy (non-hydrogen) atoms. The fraction of sp³-hybridized carbons (Fsp3) is 0.600. The number of amides is 2. The predicted octanol–water partition coefficient (Wildman–Crippen LogP) is 4.31. The van der Waals surface area contributed by atoms with Crippen LogP contribution in [0.4, 0.5) is 13.6 Å². The molecule has 2 amide bonds. The summed E-state index contributed by atoms with van der Waals surface area (Å²) < 4.78 is 34.8. The van der Waals surface area contributed by atoms with Gasteiger partial charge in [-0.1, -0.05) is 19.1 Å². The van der Waals surface area contributed by atoms with Gasteiger partial charge in [0.2, 0.25) is 5.91 Å². The number of allylic oxidation sites excluding steroid dienone is 2. The van der Waals surface area contributed by atoms with Gasteiger partial charge in [0.1, 0.15) is 18.0 Å². The topological polar surface area (TPSA) is 88.8 Å². The number of nitrogens with one attached hydrogen (secondary N) is 1.